The molecule has 16 heavy (non-hydrogen) atoms. The smallest absolute Gasteiger partial charge is 0.337 e. The molecule has 0 bridgehead atoms. The Morgan fingerprint density at radius 1 is 1.38 bits per heavy atom. The van der Waals surface area contributed by atoms with Gasteiger partial charge in [0.15, 0.2) is 11.5 Å². The van der Waals surface area contributed by atoms with Crippen molar-refractivity contribution in [2.45, 2.75) is 6.92 Å². The summed E-state index contributed by atoms with van der Waals surface area (Å²) in [6.45, 7) is 1.55. The molecule has 0 aliphatic carbocycles. The Morgan fingerprint density at radius 2 is 2.06 bits per heavy atom. The number of ketones is 1. The highest BCUT2D eigenvalue weighted by atomic mass is 16.4. The molecule has 0 spiro atoms. The molecule has 0 radical (unpaired) electrons. The molecule has 0 atom stereocenters. The van der Waals surface area contributed by atoms with E-state index in [0.717, 1.165) is 6.07 Å². The zero-order chi connectivity index (χ0) is 12.1. The van der Waals surface area contributed by atoms with Crippen LogP contribution in [-0.4, -0.2) is 25.4 Å². The standard InChI is InChI=1S/C10H12N2O4/c1-6(13)7-3-8(16-9(14)4-7)10(15)12-5-11-2/h3-4,11H,5H2,1-2H3,(H,12,15). The van der Waals surface area contributed by atoms with Crippen molar-refractivity contribution >= 4 is 11.7 Å². The molecule has 0 saturated heterocycles. The van der Waals surface area contributed by atoms with Crippen LogP contribution in [0.1, 0.15) is 27.8 Å². The average Bonchev–Trinajstić information content (AvgIpc) is 2.24. The largest absolute Gasteiger partial charge is 0.417 e. The Morgan fingerprint density at radius 3 is 2.62 bits per heavy atom. The Bertz CT molecular complexity index is 464. The van der Waals surface area contributed by atoms with Gasteiger partial charge < -0.3 is 15.1 Å². The molecule has 6 nitrogen and oxygen atoms in total. The third-order valence-electron chi connectivity index (χ3n) is 1.83. The van der Waals surface area contributed by atoms with Crippen molar-refractivity contribution in [2.75, 3.05) is 13.7 Å². The van der Waals surface area contributed by atoms with Crippen LogP contribution in [0, 0.1) is 0 Å². The fraction of sp³-hybridized carbons (Fsp3) is 0.300. The predicted octanol–water partition coefficient (Wildman–Crippen LogP) is -0.251. The number of amides is 1. The van der Waals surface area contributed by atoms with Gasteiger partial charge in [0.25, 0.3) is 5.91 Å². The van der Waals surface area contributed by atoms with Crippen LogP contribution in [-0.2, 0) is 0 Å². The van der Waals surface area contributed by atoms with Gasteiger partial charge in [-0.25, -0.2) is 4.79 Å². The highest BCUT2D eigenvalue weighted by molar-refractivity contribution is 5.97. The second kappa shape index (κ2) is 5.22. The van der Waals surface area contributed by atoms with E-state index in [1.807, 2.05) is 0 Å². The van der Waals surface area contributed by atoms with Gasteiger partial charge in [-0.3, -0.25) is 9.59 Å². The number of carbonyl (C=O) groups is 2. The topological polar surface area (TPSA) is 88.4 Å². The molecule has 1 aromatic rings. The summed E-state index contributed by atoms with van der Waals surface area (Å²) in [5.41, 5.74) is -0.562. The van der Waals surface area contributed by atoms with Crippen molar-refractivity contribution < 1.29 is 14.0 Å². The summed E-state index contributed by atoms with van der Waals surface area (Å²) in [5.74, 6) is -1.02. The summed E-state index contributed by atoms with van der Waals surface area (Å²) in [5, 5.41) is 5.15. The minimum absolute atomic E-state index is 0.158. The van der Waals surface area contributed by atoms with E-state index < -0.39 is 11.5 Å². The Labute approximate surface area is 91.6 Å². The number of carbonyl (C=O) groups excluding carboxylic acids is 2. The Hall–Kier alpha value is -1.95. The minimum atomic E-state index is -0.720. The van der Waals surface area contributed by atoms with E-state index in [-0.39, 0.29) is 23.8 Å². The molecule has 0 aromatic carbocycles. The summed E-state index contributed by atoms with van der Waals surface area (Å²) in [6, 6.07) is 2.30. The molecule has 1 aromatic heterocycles. The molecule has 1 amide bonds. The van der Waals surface area contributed by atoms with Crippen molar-refractivity contribution in [2.24, 2.45) is 0 Å². The van der Waals surface area contributed by atoms with Crippen LogP contribution in [0.3, 0.4) is 0 Å². The normalized spacial score (nSPS) is 9.88. The van der Waals surface area contributed by atoms with E-state index in [0.29, 0.717) is 0 Å². The summed E-state index contributed by atoms with van der Waals surface area (Å²) in [6.07, 6.45) is 0. The number of rotatable bonds is 4. The SMILES string of the molecule is CNCNC(=O)c1cc(C(C)=O)cc(=O)o1. The van der Waals surface area contributed by atoms with Gasteiger partial charge in [-0.05, 0) is 20.0 Å². The van der Waals surface area contributed by atoms with Gasteiger partial charge in [0.1, 0.15) is 0 Å². The first kappa shape index (κ1) is 12.1. The Kier molecular flexibility index (Phi) is 3.96. The lowest BCUT2D eigenvalue weighted by Gasteiger charge is -2.03. The molecule has 0 aliphatic heterocycles. The van der Waals surface area contributed by atoms with Crippen LogP contribution >= 0.6 is 0 Å². The average molecular weight is 224 g/mol. The van der Waals surface area contributed by atoms with E-state index in [1.54, 1.807) is 7.05 Å². The van der Waals surface area contributed by atoms with Gasteiger partial charge in [0, 0.05) is 11.6 Å². The zero-order valence-corrected chi connectivity index (χ0v) is 8.99. The Balaban J connectivity index is 3.00. The summed E-state index contributed by atoms with van der Waals surface area (Å²) in [4.78, 5) is 33.6. The number of Topliss-reactive ketones (excluding diaryl/α,β-unsaturated/α-hetero) is 1. The van der Waals surface area contributed by atoms with E-state index in [1.165, 1.54) is 13.0 Å². The van der Waals surface area contributed by atoms with Gasteiger partial charge in [-0.1, -0.05) is 0 Å². The molecular weight excluding hydrogens is 212 g/mol. The number of hydrogen-bond donors (Lipinski definition) is 2. The van der Waals surface area contributed by atoms with Crippen LogP contribution in [0.2, 0.25) is 0 Å². The van der Waals surface area contributed by atoms with Crippen molar-refractivity contribution in [3.05, 3.63) is 33.9 Å². The fourth-order valence-electron chi connectivity index (χ4n) is 1.05. The highest BCUT2D eigenvalue weighted by Gasteiger charge is 2.11. The van der Waals surface area contributed by atoms with Crippen LogP contribution in [0.4, 0.5) is 0 Å². The third kappa shape index (κ3) is 3.03. The highest BCUT2D eigenvalue weighted by Crippen LogP contribution is 2.02. The van der Waals surface area contributed by atoms with E-state index >= 15 is 0 Å². The maximum atomic E-state index is 11.4. The van der Waals surface area contributed by atoms with Gasteiger partial charge in [-0.15, -0.1) is 0 Å². The van der Waals surface area contributed by atoms with Crippen LogP contribution < -0.4 is 16.3 Å². The van der Waals surface area contributed by atoms with Crippen molar-refractivity contribution in [1.82, 2.24) is 10.6 Å². The summed E-state index contributed by atoms with van der Waals surface area (Å²) < 4.78 is 4.68. The lowest BCUT2D eigenvalue weighted by molar-refractivity contribution is 0.0919. The van der Waals surface area contributed by atoms with Crippen molar-refractivity contribution in [1.29, 1.82) is 0 Å². The number of nitrogens with one attached hydrogen (secondary N) is 2. The first-order valence-electron chi connectivity index (χ1n) is 4.63. The van der Waals surface area contributed by atoms with Crippen LogP contribution in [0.5, 0.6) is 0 Å². The maximum absolute atomic E-state index is 11.4. The van der Waals surface area contributed by atoms with Gasteiger partial charge in [0.2, 0.25) is 0 Å². The quantitative estimate of drug-likeness (QED) is 0.543. The van der Waals surface area contributed by atoms with E-state index in [4.69, 9.17) is 0 Å². The third-order valence-corrected chi connectivity index (χ3v) is 1.83. The van der Waals surface area contributed by atoms with Crippen LogP contribution in [0.25, 0.3) is 0 Å². The molecule has 0 unspecified atom stereocenters. The molecule has 0 saturated carbocycles. The zero-order valence-electron chi connectivity index (χ0n) is 8.99. The summed E-state index contributed by atoms with van der Waals surface area (Å²) in [7, 11) is 1.66. The van der Waals surface area contributed by atoms with Gasteiger partial charge in [-0.2, -0.15) is 0 Å². The predicted molar refractivity (Wildman–Crippen MR) is 56.4 cm³/mol. The summed E-state index contributed by atoms with van der Waals surface area (Å²) >= 11 is 0. The molecule has 6 heteroatoms. The molecule has 1 heterocycles. The van der Waals surface area contributed by atoms with Crippen LogP contribution in [0.15, 0.2) is 21.3 Å². The monoisotopic (exact) mass is 224 g/mol. The molecule has 2 N–H and O–H groups in total. The van der Waals surface area contributed by atoms with E-state index in [2.05, 4.69) is 15.1 Å². The molecule has 0 aliphatic rings. The molecule has 0 fully saturated rings. The minimum Gasteiger partial charge on any atom is -0.417 e. The first-order chi connectivity index (χ1) is 7.54. The first-order valence-corrected chi connectivity index (χ1v) is 4.63. The van der Waals surface area contributed by atoms with E-state index in [9.17, 15) is 14.4 Å². The molecule has 1 rings (SSSR count). The van der Waals surface area contributed by atoms with Gasteiger partial charge in [0.05, 0.1) is 6.67 Å². The lowest BCUT2D eigenvalue weighted by Crippen LogP contribution is -2.32. The fourth-order valence-corrected chi connectivity index (χ4v) is 1.05. The maximum Gasteiger partial charge on any atom is 0.337 e. The molecule has 86 valence electrons. The van der Waals surface area contributed by atoms with Crippen molar-refractivity contribution in [3.63, 3.8) is 0 Å². The second-order valence-corrected chi connectivity index (χ2v) is 3.12. The van der Waals surface area contributed by atoms with Crippen molar-refractivity contribution in [3.8, 4) is 0 Å². The lowest BCUT2D eigenvalue weighted by atomic mass is 10.2. The second-order valence-electron chi connectivity index (χ2n) is 3.12. The van der Waals surface area contributed by atoms with Gasteiger partial charge >= 0.3 is 5.63 Å². The number of hydrogen-bond acceptors (Lipinski definition) is 5. The molecular formula is C10H12N2O4.